The van der Waals surface area contributed by atoms with Crippen LogP contribution in [0.2, 0.25) is 5.02 Å². The van der Waals surface area contributed by atoms with Crippen molar-refractivity contribution in [1.29, 1.82) is 0 Å². The number of nitrogens with zero attached hydrogens (tertiary/aromatic N) is 4. The molecule has 1 aromatic heterocycles. The largest absolute Gasteiger partial charge is 0.488 e. The molecular formula is C23H23ClFN5O6. The van der Waals surface area contributed by atoms with Crippen LogP contribution in [0.4, 0.5) is 10.1 Å². The molecule has 13 heteroatoms. The van der Waals surface area contributed by atoms with Crippen molar-refractivity contribution in [2.75, 3.05) is 7.11 Å². The molecule has 0 amide bonds. The number of nitrogens with one attached hydrogen (secondary N) is 1. The SMILES string of the molecule is CON=C(Cn1c(=O)[nH]c(=Nc2ccc(OC(C)C)c(F)c2)n(Cc2ccc(Cl)cc2)c1=O)C(=O)O. The molecule has 0 bridgehead atoms. The van der Waals surface area contributed by atoms with Gasteiger partial charge in [0.25, 0.3) is 0 Å². The van der Waals surface area contributed by atoms with Gasteiger partial charge in [-0.3, -0.25) is 9.55 Å². The smallest absolute Gasteiger partial charge is 0.355 e. The Labute approximate surface area is 208 Å². The first-order chi connectivity index (χ1) is 17.1. The predicted octanol–water partition coefficient (Wildman–Crippen LogP) is 2.29. The van der Waals surface area contributed by atoms with E-state index in [4.69, 9.17) is 16.3 Å². The number of H-pyrrole nitrogens is 1. The summed E-state index contributed by atoms with van der Waals surface area (Å²) in [7, 11) is 1.13. The summed E-state index contributed by atoms with van der Waals surface area (Å²) in [5, 5.41) is 13.1. The molecule has 0 saturated heterocycles. The summed E-state index contributed by atoms with van der Waals surface area (Å²) in [4.78, 5) is 48.7. The number of hydrogen-bond acceptors (Lipinski definition) is 7. The first-order valence-electron chi connectivity index (χ1n) is 10.6. The molecule has 3 aromatic rings. The fourth-order valence-electron chi connectivity index (χ4n) is 3.12. The summed E-state index contributed by atoms with van der Waals surface area (Å²) in [6.45, 7) is 2.77. The van der Waals surface area contributed by atoms with Gasteiger partial charge in [0, 0.05) is 11.1 Å². The third-order valence-corrected chi connectivity index (χ3v) is 4.96. The molecule has 0 spiro atoms. The van der Waals surface area contributed by atoms with E-state index >= 15 is 0 Å². The van der Waals surface area contributed by atoms with Crippen LogP contribution in [-0.2, 0) is 22.7 Å². The molecule has 0 atom stereocenters. The normalized spacial score (nSPS) is 12.2. The lowest BCUT2D eigenvalue weighted by Crippen LogP contribution is -2.51. The van der Waals surface area contributed by atoms with Gasteiger partial charge in [0.15, 0.2) is 17.3 Å². The maximum Gasteiger partial charge on any atom is 0.355 e. The van der Waals surface area contributed by atoms with E-state index in [0.717, 1.165) is 17.7 Å². The van der Waals surface area contributed by atoms with Gasteiger partial charge >= 0.3 is 17.3 Å². The minimum atomic E-state index is -1.47. The Morgan fingerprint density at radius 3 is 2.44 bits per heavy atom. The molecule has 36 heavy (non-hydrogen) atoms. The molecule has 2 N–H and O–H groups in total. The molecule has 0 saturated carbocycles. The van der Waals surface area contributed by atoms with Crippen molar-refractivity contribution in [3.63, 3.8) is 0 Å². The van der Waals surface area contributed by atoms with E-state index in [1.165, 1.54) is 12.1 Å². The summed E-state index contributed by atoms with van der Waals surface area (Å²) >= 11 is 5.94. The lowest BCUT2D eigenvalue weighted by molar-refractivity contribution is -0.129. The molecule has 0 unspecified atom stereocenters. The first-order valence-corrected chi connectivity index (χ1v) is 11.0. The van der Waals surface area contributed by atoms with Crippen molar-refractivity contribution in [1.82, 2.24) is 14.1 Å². The summed E-state index contributed by atoms with van der Waals surface area (Å²) in [5.41, 5.74) is -1.85. The van der Waals surface area contributed by atoms with Gasteiger partial charge in [-0.1, -0.05) is 28.9 Å². The maximum atomic E-state index is 14.5. The number of halogens is 2. The molecule has 3 rings (SSSR count). The Bertz CT molecular complexity index is 1470. The fourth-order valence-corrected chi connectivity index (χ4v) is 3.25. The van der Waals surface area contributed by atoms with E-state index in [-0.39, 0.29) is 29.7 Å². The van der Waals surface area contributed by atoms with Crippen molar-refractivity contribution in [3.05, 3.63) is 85.5 Å². The Balaban J connectivity index is 2.19. The highest BCUT2D eigenvalue weighted by atomic mass is 35.5. The molecular weight excluding hydrogens is 497 g/mol. The van der Waals surface area contributed by atoms with Crippen molar-refractivity contribution in [2.24, 2.45) is 10.1 Å². The van der Waals surface area contributed by atoms with Crippen LogP contribution < -0.4 is 21.7 Å². The number of hydrogen-bond donors (Lipinski definition) is 2. The topological polar surface area (TPSA) is 140 Å². The predicted molar refractivity (Wildman–Crippen MR) is 129 cm³/mol. The van der Waals surface area contributed by atoms with Crippen LogP contribution in [0.3, 0.4) is 0 Å². The zero-order valence-electron chi connectivity index (χ0n) is 19.6. The van der Waals surface area contributed by atoms with Gasteiger partial charge in [0.1, 0.15) is 7.11 Å². The standard InChI is InChI=1S/C23H23ClFN5O6/c1-13(2)36-19-9-8-16(10-17(19)25)26-21-27-22(33)30(12-18(20(31)32)28-35-3)23(34)29(21)11-14-4-6-15(24)7-5-14/h4-10,13H,11-12H2,1-3H3,(H,31,32)(H,26,27,33). The van der Waals surface area contributed by atoms with Gasteiger partial charge in [-0.15, -0.1) is 0 Å². The summed E-state index contributed by atoms with van der Waals surface area (Å²) in [6, 6.07) is 10.5. The molecule has 0 aliphatic rings. The second-order valence-electron chi connectivity index (χ2n) is 7.75. The summed E-state index contributed by atoms with van der Waals surface area (Å²) in [5.74, 6) is -2.12. The second-order valence-corrected chi connectivity index (χ2v) is 8.19. The fraction of sp³-hybridized carbons (Fsp3) is 0.261. The quantitative estimate of drug-likeness (QED) is 0.328. The van der Waals surface area contributed by atoms with Gasteiger partial charge in [0.2, 0.25) is 5.62 Å². The average molecular weight is 520 g/mol. The molecule has 0 fully saturated rings. The Morgan fingerprint density at radius 1 is 1.17 bits per heavy atom. The van der Waals surface area contributed by atoms with Crippen molar-refractivity contribution >= 4 is 29.0 Å². The van der Waals surface area contributed by atoms with E-state index < -0.39 is 35.4 Å². The Morgan fingerprint density at radius 2 is 1.86 bits per heavy atom. The highest BCUT2D eigenvalue weighted by molar-refractivity contribution is 6.35. The monoisotopic (exact) mass is 519 g/mol. The lowest BCUT2D eigenvalue weighted by atomic mass is 10.2. The van der Waals surface area contributed by atoms with Crippen LogP contribution in [0, 0.1) is 5.82 Å². The van der Waals surface area contributed by atoms with Gasteiger partial charge in [0.05, 0.1) is 24.9 Å². The van der Waals surface area contributed by atoms with E-state index in [1.54, 1.807) is 38.1 Å². The minimum Gasteiger partial charge on any atom is -0.488 e. The van der Waals surface area contributed by atoms with E-state index in [2.05, 4.69) is 20.0 Å². The molecule has 2 aromatic carbocycles. The lowest BCUT2D eigenvalue weighted by Gasteiger charge is -2.12. The number of aliphatic carboxylic acids is 1. The second kappa shape index (κ2) is 11.5. The number of oxime groups is 1. The van der Waals surface area contributed by atoms with Gasteiger partial charge in [-0.2, -0.15) is 0 Å². The molecule has 0 aliphatic heterocycles. The first kappa shape index (κ1) is 26.4. The number of rotatable bonds is 9. The van der Waals surface area contributed by atoms with E-state index in [0.29, 0.717) is 15.2 Å². The number of carboxylic acid groups (broad SMARTS) is 1. The van der Waals surface area contributed by atoms with Crippen LogP contribution in [-0.4, -0.2) is 44.1 Å². The number of aromatic amines is 1. The van der Waals surface area contributed by atoms with Crippen molar-refractivity contribution in [3.8, 4) is 5.75 Å². The highest BCUT2D eigenvalue weighted by Gasteiger charge is 2.17. The number of benzene rings is 2. The molecule has 0 aliphatic carbocycles. The number of carboxylic acids is 1. The zero-order chi connectivity index (χ0) is 26.4. The molecule has 11 nitrogen and oxygen atoms in total. The minimum absolute atomic E-state index is 0.0283. The number of carbonyl (C=O) groups is 1. The van der Waals surface area contributed by atoms with Crippen LogP contribution in [0.25, 0.3) is 0 Å². The van der Waals surface area contributed by atoms with Crippen molar-refractivity contribution < 1.29 is 23.9 Å². The summed E-state index contributed by atoms with van der Waals surface area (Å²) in [6.07, 6.45) is -0.245. The highest BCUT2D eigenvalue weighted by Crippen LogP contribution is 2.23. The van der Waals surface area contributed by atoms with Gasteiger partial charge in [-0.05, 0) is 43.7 Å². The van der Waals surface area contributed by atoms with E-state index in [9.17, 15) is 23.9 Å². The van der Waals surface area contributed by atoms with Crippen LogP contribution in [0.1, 0.15) is 19.4 Å². The Kier molecular flexibility index (Phi) is 8.43. The zero-order valence-corrected chi connectivity index (χ0v) is 20.3. The third kappa shape index (κ3) is 6.48. The van der Waals surface area contributed by atoms with Crippen LogP contribution in [0.5, 0.6) is 5.75 Å². The number of ether oxygens (including phenoxy) is 1. The van der Waals surface area contributed by atoms with Crippen molar-refractivity contribution in [2.45, 2.75) is 33.0 Å². The molecule has 1 heterocycles. The van der Waals surface area contributed by atoms with E-state index in [1.807, 2.05) is 0 Å². The Hall–Kier alpha value is -4.19. The molecule has 190 valence electrons. The van der Waals surface area contributed by atoms with Crippen LogP contribution in [0.15, 0.2) is 62.2 Å². The number of aromatic nitrogens is 3. The van der Waals surface area contributed by atoms with Crippen LogP contribution >= 0.6 is 11.6 Å². The van der Waals surface area contributed by atoms with Gasteiger partial charge in [-0.25, -0.2) is 28.3 Å². The maximum absolute atomic E-state index is 14.5. The third-order valence-electron chi connectivity index (χ3n) is 4.70. The summed E-state index contributed by atoms with van der Waals surface area (Å²) < 4.78 is 21.6. The molecule has 0 radical (unpaired) electrons. The van der Waals surface area contributed by atoms with Gasteiger partial charge < -0.3 is 14.7 Å². The average Bonchev–Trinajstić information content (AvgIpc) is 2.81.